The molecule has 4 nitrogen and oxygen atoms in total. The van der Waals surface area contributed by atoms with Gasteiger partial charge in [0.2, 0.25) is 0 Å². The summed E-state index contributed by atoms with van der Waals surface area (Å²) in [7, 11) is 0. The van der Waals surface area contributed by atoms with Gasteiger partial charge in [-0.2, -0.15) is 0 Å². The molecule has 0 atom stereocenters. The predicted molar refractivity (Wildman–Crippen MR) is 115 cm³/mol. The molecule has 2 aromatic rings. The van der Waals surface area contributed by atoms with Gasteiger partial charge in [0.25, 0.3) is 0 Å². The molecule has 0 bridgehead atoms. The third-order valence-corrected chi connectivity index (χ3v) is 5.05. The Bertz CT molecular complexity index is 782. The summed E-state index contributed by atoms with van der Waals surface area (Å²) in [6.45, 7) is 6.81. The highest BCUT2D eigenvalue weighted by atomic mass is 127. The lowest BCUT2D eigenvalue weighted by Gasteiger charge is -2.27. The number of hydrogen-bond donors (Lipinski definition) is 0. The molecule has 1 aliphatic carbocycles. The van der Waals surface area contributed by atoms with Gasteiger partial charge in [0.1, 0.15) is 18.0 Å². The zero-order valence-corrected chi connectivity index (χ0v) is 18.2. The Morgan fingerprint density at radius 2 is 1.81 bits per heavy atom. The van der Waals surface area contributed by atoms with Crippen LogP contribution < -0.4 is 4.74 Å². The molecule has 5 heteroatoms. The first-order valence-corrected chi connectivity index (χ1v) is 10.3. The van der Waals surface area contributed by atoms with Crippen molar-refractivity contribution in [3.05, 3.63) is 63.2 Å². The molecule has 1 aliphatic rings. The summed E-state index contributed by atoms with van der Waals surface area (Å²) < 4.78 is 12.6. The first kappa shape index (κ1) is 20.0. The van der Waals surface area contributed by atoms with E-state index in [-0.39, 0.29) is 6.09 Å². The second-order valence-corrected chi connectivity index (χ2v) is 9.04. The van der Waals surface area contributed by atoms with Crippen molar-refractivity contribution in [2.75, 3.05) is 0 Å². The summed E-state index contributed by atoms with van der Waals surface area (Å²) in [5.74, 6) is 0.860. The highest BCUT2D eigenvalue weighted by Crippen LogP contribution is 2.31. The van der Waals surface area contributed by atoms with Crippen LogP contribution in [-0.2, 0) is 17.9 Å². The molecule has 0 heterocycles. The second-order valence-electron chi connectivity index (χ2n) is 7.88. The molecule has 0 N–H and O–H groups in total. The maximum absolute atomic E-state index is 12.5. The van der Waals surface area contributed by atoms with Crippen LogP contribution in [0.5, 0.6) is 5.75 Å². The van der Waals surface area contributed by atoms with Crippen molar-refractivity contribution >= 4 is 28.7 Å². The van der Waals surface area contributed by atoms with Crippen LogP contribution in [0.15, 0.2) is 48.5 Å². The average Bonchev–Trinajstić information content (AvgIpc) is 3.43. The lowest BCUT2D eigenvalue weighted by molar-refractivity contribution is 0.0216. The molecular weight excluding hydrogens is 453 g/mol. The van der Waals surface area contributed by atoms with Gasteiger partial charge in [0, 0.05) is 12.6 Å². The topological polar surface area (TPSA) is 38.8 Å². The number of hydrogen-bond acceptors (Lipinski definition) is 3. The van der Waals surface area contributed by atoms with Crippen LogP contribution in [0.4, 0.5) is 4.79 Å². The van der Waals surface area contributed by atoms with Crippen LogP contribution in [0.1, 0.15) is 44.7 Å². The van der Waals surface area contributed by atoms with Crippen molar-refractivity contribution in [3.8, 4) is 5.75 Å². The fraction of sp³-hybridized carbons (Fsp3) is 0.409. The minimum absolute atomic E-state index is 0.232. The summed E-state index contributed by atoms with van der Waals surface area (Å²) >= 11 is 2.29. The molecule has 1 saturated carbocycles. The average molecular weight is 479 g/mol. The van der Waals surface area contributed by atoms with Gasteiger partial charge in [-0.05, 0) is 79.5 Å². The van der Waals surface area contributed by atoms with Crippen LogP contribution in [0.25, 0.3) is 0 Å². The van der Waals surface area contributed by atoms with E-state index in [1.807, 2.05) is 56.0 Å². The molecule has 3 rings (SSSR count). The molecular formula is C22H26INO3. The van der Waals surface area contributed by atoms with Crippen molar-refractivity contribution in [3.63, 3.8) is 0 Å². The Balaban J connectivity index is 1.64. The summed E-state index contributed by atoms with van der Waals surface area (Å²) in [6.07, 6.45) is 1.87. The largest absolute Gasteiger partial charge is 0.488 e. The lowest BCUT2D eigenvalue weighted by Crippen LogP contribution is -2.37. The summed E-state index contributed by atoms with van der Waals surface area (Å²) in [4.78, 5) is 14.4. The summed E-state index contributed by atoms with van der Waals surface area (Å²) in [6, 6.07) is 16.5. The molecule has 27 heavy (non-hydrogen) atoms. The number of amides is 1. The first-order valence-electron chi connectivity index (χ1n) is 9.26. The minimum atomic E-state index is -0.478. The van der Waals surface area contributed by atoms with Gasteiger partial charge >= 0.3 is 6.09 Å². The summed E-state index contributed by atoms with van der Waals surface area (Å²) in [5.41, 5.74) is 1.75. The van der Waals surface area contributed by atoms with E-state index in [0.29, 0.717) is 19.2 Å². The molecule has 0 spiro atoms. The molecule has 144 valence electrons. The van der Waals surface area contributed by atoms with E-state index < -0.39 is 5.60 Å². The summed E-state index contributed by atoms with van der Waals surface area (Å²) in [5, 5.41) is 0. The number of benzene rings is 2. The molecule has 0 unspecified atom stereocenters. The minimum Gasteiger partial charge on any atom is -0.488 e. The van der Waals surface area contributed by atoms with E-state index in [4.69, 9.17) is 9.47 Å². The van der Waals surface area contributed by atoms with E-state index in [2.05, 4.69) is 40.8 Å². The maximum atomic E-state index is 12.5. The molecule has 0 aliphatic heterocycles. The molecule has 0 aromatic heterocycles. The van der Waals surface area contributed by atoms with Gasteiger partial charge in [-0.15, -0.1) is 0 Å². The standard InChI is InChI=1S/C22H26INO3/c1-22(2,3)27-21(25)24(18-10-11-18)14-17-9-12-20(19(23)13-17)26-15-16-7-5-4-6-8-16/h4-9,12-13,18H,10-11,14-15H2,1-3H3. The molecule has 1 amide bonds. The highest BCUT2D eigenvalue weighted by Gasteiger charge is 2.35. The molecule has 0 radical (unpaired) electrons. The molecule has 1 fully saturated rings. The lowest BCUT2D eigenvalue weighted by atomic mass is 10.2. The van der Waals surface area contributed by atoms with Gasteiger partial charge in [-0.3, -0.25) is 0 Å². The fourth-order valence-electron chi connectivity index (χ4n) is 2.74. The Kier molecular flexibility index (Phi) is 6.29. The van der Waals surface area contributed by atoms with E-state index in [9.17, 15) is 4.79 Å². The van der Waals surface area contributed by atoms with E-state index in [0.717, 1.165) is 33.3 Å². The van der Waals surface area contributed by atoms with Gasteiger partial charge in [-0.1, -0.05) is 36.4 Å². The fourth-order valence-corrected chi connectivity index (χ4v) is 3.48. The quantitative estimate of drug-likeness (QED) is 0.494. The van der Waals surface area contributed by atoms with Crippen molar-refractivity contribution in [1.29, 1.82) is 0 Å². The Morgan fingerprint density at radius 1 is 1.11 bits per heavy atom. The van der Waals surface area contributed by atoms with E-state index >= 15 is 0 Å². The number of rotatable bonds is 6. The van der Waals surface area contributed by atoms with Crippen molar-refractivity contribution in [2.24, 2.45) is 0 Å². The molecule has 0 saturated heterocycles. The zero-order chi connectivity index (χ0) is 19.4. The van der Waals surface area contributed by atoms with Gasteiger partial charge in [0.15, 0.2) is 0 Å². The number of ether oxygens (including phenoxy) is 2. The Hall–Kier alpha value is -1.76. The van der Waals surface area contributed by atoms with Crippen molar-refractivity contribution in [2.45, 2.75) is 58.4 Å². The van der Waals surface area contributed by atoms with Gasteiger partial charge in [0.05, 0.1) is 3.57 Å². The third-order valence-electron chi connectivity index (χ3n) is 4.20. The smallest absolute Gasteiger partial charge is 0.410 e. The Labute approximate surface area is 175 Å². The number of nitrogens with zero attached hydrogens (tertiary/aromatic N) is 1. The van der Waals surface area contributed by atoms with Crippen LogP contribution in [-0.4, -0.2) is 22.6 Å². The number of halogens is 1. The van der Waals surface area contributed by atoms with E-state index in [1.165, 1.54) is 0 Å². The van der Waals surface area contributed by atoms with E-state index in [1.54, 1.807) is 0 Å². The zero-order valence-electron chi connectivity index (χ0n) is 16.1. The monoisotopic (exact) mass is 479 g/mol. The van der Waals surface area contributed by atoms with Crippen LogP contribution in [0, 0.1) is 3.57 Å². The van der Waals surface area contributed by atoms with Gasteiger partial charge in [-0.25, -0.2) is 4.79 Å². The normalized spacial score (nSPS) is 13.9. The van der Waals surface area contributed by atoms with Crippen molar-refractivity contribution < 1.29 is 14.3 Å². The maximum Gasteiger partial charge on any atom is 0.410 e. The van der Waals surface area contributed by atoms with Crippen LogP contribution >= 0.6 is 22.6 Å². The predicted octanol–water partition coefficient (Wildman–Crippen LogP) is 5.77. The van der Waals surface area contributed by atoms with Crippen LogP contribution in [0.3, 0.4) is 0 Å². The molecule has 2 aromatic carbocycles. The van der Waals surface area contributed by atoms with Gasteiger partial charge < -0.3 is 14.4 Å². The first-order chi connectivity index (χ1) is 12.8. The number of carbonyl (C=O) groups is 1. The second kappa shape index (κ2) is 8.50. The van der Waals surface area contributed by atoms with Crippen LogP contribution in [0.2, 0.25) is 0 Å². The highest BCUT2D eigenvalue weighted by molar-refractivity contribution is 14.1. The third kappa shape index (κ3) is 6.13. The Morgan fingerprint density at radius 3 is 2.41 bits per heavy atom. The number of carbonyl (C=O) groups excluding carboxylic acids is 1. The SMILES string of the molecule is CC(C)(C)OC(=O)N(Cc1ccc(OCc2ccccc2)c(I)c1)C1CC1. The van der Waals surface area contributed by atoms with Crippen molar-refractivity contribution in [1.82, 2.24) is 4.90 Å².